The zero-order chi connectivity index (χ0) is 20.0. The van der Waals surface area contributed by atoms with Crippen LogP contribution in [0.3, 0.4) is 0 Å². The van der Waals surface area contributed by atoms with Crippen LogP contribution in [0.4, 0.5) is 11.5 Å². The summed E-state index contributed by atoms with van der Waals surface area (Å²) in [5.41, 5.74) is 10.0. The molecule has 0 fully saturated rings. The Morgan fingerprint density at radius 1 is 0.966 bits per heavy atom. The van der Waals surface area contributed by atoms with E-state index in [4.69, 9.17) is 10.7 Å². The highest BCUT2D eigenvalue weighted by Crippen LogP contribution is 2.38. The van der Waals surface area contributed by atoms with Crippen molar-refractivity contribution in [1.82, 2.24) is 14.9 Å². The van der Waals surface area contributed by atoms with Crippen molar-refractivity contribution in [3.8, 4) is 0 Å². The van der Waals surface area contributed by atoms with Gasteiger partial charge in [-0.1, -0.05) is 36.4 Å². The standard InChI is InChI=1S/C24H25N5/c1-29(2)13-5-12-26-24-21-19-10-8-15-14-16(25)9-11-17(15)22(19)28-23(21)18-6-3-4-7-20(18)27-24/h3-4,6-11,14,28H,5,12-13,25H2,1-2H3,(H,26,27). The van der Waals surface area contributed by atoms with E-state index in [1.165, 1.54) is 10.8 Å². The summed E-state index contributed by atoms with van der Waals surface area (Å²) in [7, 11) is 4.20. The van der Waals surface area contributed by atoms with E-state index in [1.54, 1.807) is 0 Å². The summed E-state index contributed by atoms with van der Waals surface area (Å²) in [4.78, 5) is 10.9. The molecule has 2 heterocycles. The number of nitrogen functional groups attached to an aromatic ring is 1. The molecule has 146 valence electrons. The molecule has 0 atom stereocenters. The Kier molecular flexibility index (Phi) is 4.25. The summed E-state index contributed by atoms with van der Waals surface area (Å²) in [5.74, 6) is 0.943. The van der Waals surface area contributed by atoms with E-state index in [0.717, 1.165) is 63.7 Å². The molecule has 2 aromatic heterocycles. The second-order valence-corrected chi connectivity index (χ2v) is 7.90. The third-order valence-corrected chi connectivity index (χ3v) is 5.53. The maximum Gasteiger partial charge on any atom is 0.136 e. The third kappa shape index (κ3) is 3.04. The first kappa shape index (κ1) is 17.8. The molecule has 5 nitrogen and oxygen atoms in total. The molecule has 0 amide bonds. The van der Waals surface area contributed by atoms with E-state index in [0.29, 0.717) is 0 Å². The summed E-state index contributed by atoms with van der Waals surface area (Å²) >= 11 is 0. The Morgan fingerprint density at radius 2 is 1.79 bits per heavy atom. The Labute approximate surface area is 169 Å². The molecule has 0 saturated heterocycles. The fourth-order valence-electron chi connectivity index (χ4n) is 4.15. The number of fused-ring (bicyclic) bond motifs is 7. The average molecular weight is 383 g/mol. The van der Waals surface area contributed by atoms with Crippen LogP contribution in [0.15, 0.2) is 54.6 Å². The zero-order valence-corrected chi connectivity index (χ0v) is 16.8. The molecule has 0 aliphatic heterocycles. The molecule has 5 heteroatoms. The molecule has 0 bridgehead atoms. The van der Waals surface area contributed by atoms with Crippen molar-refractivity contribution in [2.45, 2.75) is 6.42 Å². The van der Waals surface area contributed by atoms with Gasteiger partial charge in [-0.2, -0.15) is 0 Å². The summed E-state index contributed by atoms with van der Waals surface area (Å²) < 4.78 is 0. The van der Waals surface area contributed by atoms with Gasteiger partial charge in [0.05, 0.1) is 21.9 Å². The summed E-state index contributed by atoms with van der Waals surface area (Å²) in [5, 5.41) is 9.39. The van der Waals surface area contributed by atoms with Crippen molar-refractivity contribution in [2.75, 3.05) is 38.2 Å². The fourth-order valence-corrected chi connectivity index (χ4v) is 4.15. The van der Waals surface area contributed by atoms with Crippen LogP contribution in [0.2, 0.25) is 0 Å². The first-order chi connectivity index (χ1) is 14.1. The van der Waals surface area contributed by atoms with Crippen LogP contribution in [0.25, 0.3) is 43.5 Å². The van der Waals surface area contributed by atoms with Gasteiger partial charge in [0.1, 0.15) is 5.82 Å². The number of anilines is 2. The van der Waals surface area contributed by atoms with E-state index in [1.807, 2.05) is 18.2 Å². The van der Waals surface area contributed by atoms with Gasteiger partial charge in [0, 0.05) is 28.4 Å². The highest BCUT2D eigenvalue weighted by atomic mass is 15.1. The lowest BCUT2D eigenvalue weighted by Gasteiger charge is -2.12. The number of hydrogen-bond donors (Lipinski definition) is 3. The molecule has 29 heavy (non-hydrogen) atoms. The number of hydrogen-bond acceptors (Lipinski definition) is 4. The van der Waals surface area contributed by atoms with Gasteiger partial charge in [-0.25, -0.2) is 4.98 Å². The van der Waals surface area contributed by atoms with Gasteiger partial charge in [-0.05, 0) is 50.6 Å². The second kappa shape index (κ2) is 6.94. The molecule has 3 aromatic carbocycles. The van der Waals surface area contributed by atoms with Crippen molar-refractivity contribution in [1.29, 1.82) is 0 Å². The molecule has 4 N–H and O–H groups in total. The number of nitrogens with two attached hydrogens (primary N) is 1. The Morgan fingerprint density at radius 3 is 2.66 bits per heavy atom. The minimum atomic E-state index is 0.781. The van der Waals surface area contributed by atoms with Gasteiger partial charge in [0.25, 0.3) is 0 Å². The van der Waals surface area contributed by atoms with Crippen LogP contribution in [0, 0.1) is 0 Å². The number of H-pyrrole nitrogens is 1. The summed E-state index contributed by atoms with van der Waals surface area (Å²) in [6.07, 6.45) is 1.06. The number of para-hydroxylation sites is 1. The zero-order valence-electron chi connectivity index (χ0n) is 16.8. The molecular formula is C24H25N5. The third-order valence-electron chi connectivity index (χ3n) is 5.53. The van der Waals surface area contributed by atoms with E-state index in [2.05, 4.69) is 65.7 Å². The van der Waals surface area contributed by atoms with Crippen LogP contribution in [-0.2, 0) is 0 Å². The number of rotatable bonds is 5. The summed E-state index contributed by atoms with van der Waals surface area (Å²) in [6.45, 7) is 1.93. The average Bonchev–Trinajstić information content (AvgIpc) is 3.11. The Hall–Kier alpha value is -3.31. The monoisotopic (exact) mass is 383 g/mol. The van der Waals surface area contributed by atoms with Crippen LogP contribution in [0.1, 0.15) is 6.42 Å². The van der Waals surface area contributed by atoms with Crippen molar-refractivity contribution in [3.05, 3.63) is 54.6 Å². The quantitative estimate of drug-likeness (QED) is 0.296. The number of nitrogens with one attached hydrogen (secondary N) is 2. The van der Waals surface area contributed by atoms with Crippen LogP contribution in [-0.4, -0.2) is 42.1 Å². The number of aromatic nitrogens is 2. The molecule has 5 aromatic rings. The maximum absolute atomic E-state index is 6.00. The normalized spacial score (nSPS) is 12.0. The van der Waals surface area contributed by atoms with Gasteiger partial charge < -0.3 is 20.9 Å². The Balaban J connectivity index is 1.75. The molecule has 0 aliphatic carbocycles. The lowest BCUT2D eigenvalue weighted by molar-refractivity contribution is 0.405. The van der Waals surface area contributed by atoms with Crippen molar-refractivity contribution < 1.29 is 0 Å². The molecule has 0 radical (unpaired) electrons. The topological polar surface area (TPSA) is 70.0 Å². The lowest BCUT2D eigenvalue weighted by atomic mass is 10.0. The predicted octanol–water partition coefficient (Wildman–Crippen LogP) is 4.97. The molecule has 0 saturated carbocycles. The minimum Gasteiger partial charge on any atom is -0.399 e. The highest BCUT2D eigenvalue weighted by Gasteiger charge is 2.15. The molecule has 0 aliphatic rings. The van der Waals surface area contributed by atoms with E-state index >= 15 is 0 Å². The van der Waals surface area contributed by atoms with Crippen LogP contribution >= 0.6 is 0 Å². The Bertz CT molecular complexity index is 1350. The lowest BCUT2D eigenvalue weighted by Crippen LogP contribution is -2.16. The molecule has 0 spiro atoms. The predicted molar refractivity (Wildman–Crippen MR) is 125 cm³/mol. The minimum absolute atomic E-state index is 0.781. The maximum atomic E-state index is 6.00. The largest absolute Gasteiger partial charge is 0.399 e. The van der Waals surface area contributed by atoms with E-state index in [-0.39, 0.29) is 0 Å². The second-order valence-electron chi connectivity index (χ2n) is 7.90. The highest BCUT2D eigenvalue weighted by molar-refractivity contribution is 6.24. The van der Waals surface area contributed by atoms with Gasteiger partial charge in [-0.15, -0.1) is 0 Å². The first-order valence-corrected chi connectivity index (χ1v) is 10.0. The smallest absolute Gasteiger partial charge is 0.136 e. The van der Waals surface area contributed by atoms with Gasteiger partial charge in [0.2, 0.25) is 0 Å². The van der Waals surface area contributed by atoms with Crippen LogP contribution in [0.5, 0.6) is 0 Å². The SMILES string of the molecule is CN(C)CCCNc1nc2ccccc2c2[nH]c3c4ccc(N)cc4ccc3c12. The molecule has 5 rings (SSSR count). The van der Waals surface area contributed by atoms with Crippen LogP contribution < -0.4 is 11.1 Å². The van der Waals surface area contributed by atoms with Crippen molar-refractivity contribution >= 4 is 55.0 Å². The van der Waals surface area contributed by atoms with Gasteiger partial charge in [-0.3, -0.25) is 0 Å². The molecule has 0 unspecified atom stereocenters. The van der Waals surface area contributed by atoms with Gasteiger partial charge >= 0.3 is 0 Å². The number of benzene rings is 3. The van der Waals surface area contributed by atoms with Crippen molar-refractivity contribution in [2.24, 2.45) is 0 Å². The van der Waals surface area contributed by atoms with Crippen molar-refractivity contribution in [3.63, 3.8) is 0 Å². The number of nitrogens with zero attached hydrogens (tertiary/aromatic N) is 2. The van der Waals surface area contributed by atoms with E-state index < -0.39 is 0 Å². The summed E-state index contributed by atoms with van der Waals surface area (Å²) in [6, 6.07) is 18.7. The van der Waals surface area contributed by atoms with E-state index in [9.17, 15) is 0 Å². The van der Waals surface area contributed by atoms with Gasteiger partial charge in [0.15, 0.2) is 0 Å². The molecular weight excluding hydrogens is 358 g/mol. The fraction of sp³-hybridized carbons (Fsp3) is 0.208. The number of aromatic amines is 1. The number of pyridine rings is 1. The first-order valence-electron chi connectivity index (χ1n) is 10.0.